The number of rotatable bonds is 0. The molecule has 2 spiro atoms. The second-order valence-corrected chi connectivity index (χ2v) is 10.7. The number of ether oxygens (including phenoxy) is 1. The molecule has 5 saturated carbocycles. The van der Waals surface area contributed by atoms with E-state index in [2.05, 4.69) is 19.9 Å². The molecule has 0 radical (unpaired) electrons. The molecule has 25 heavy (non-hydrogen) atoms. The normalized spacial score (nSPS) is 63.8. The van der Waals surface area contributed by atoms with Gasteiger partial charge in [-0.3, -0.25) is 0 Å². The van der Waals surface area contributed by atoms with E-state index < -0.39 is 0 Å². The van der Waals surface area contributed by atoms with Gasteiger partial charge in [0.05, 0.1) is 6.10 Å². The molecule has 1 N–H and O–H groups in total. The standard InChI is InChI=1S/C22H30O3/c1-19-8-4-16-14(15(19)5-9-21(19)10-6-18(24)25-21)11-17(23)22-12-13(22)3-7-20(16,22)2/h6,10,13-17,23H,3-5,7-9,11-12H2,1-2H3/t13-,14-,15-,16-,17+,19-,20+,21+,22-/m0/s1. The predicted molar refractivity (Wildman–Crippen MR) is 93.5 cm³/mol. The number of aliphatic hydroxyl groups is 1. The van der Waals surface area contributed by atoms with E-state index in [9.17, 15) is 9.90 Å². The van der Waals surface area contributed by atoms with Crippen molar-refractivity contribution >= 4 is 5.97 Å². The predicted octanol–water partition coefficient (Wildman–Crippen LogP) is 3.85. The van der Waals surface area contributed by atoms with Gasteiger partial charge in [0.1, 0.15) is 5.60 Å². The molecule has 0 amide bonds. The first kappa shape index (κ1) is 15.2. The number of esters is 1. The monoisotopic (exact) mass is 342 g/mol. The molecular formula is C22H30O3. The van der Waals surface area contributed by atoms with E-state index in [0.717, 1.165) is 31.1 Å². The van der Waals surface area contributed by atoms with Crippen molar-refractivity contribution in [2.24, 2.45) is 39.9 Å². The van der Waals surface area contributed by atoms with Crippen LogP contribution in [0.4, 0.5) is 0 Å². The summed E-state index contributed by atoms with van der Waals surface area (Å²) in [6.07, 6.45) is 13.1. The maximum absolute atomic E-state index is 11.9. The van der Waals surface area contributed by atoms with E-state index in [-0.39, 0.29) is 28.5 Å². The van der Waals surface area contributed by atoms with Crippen LogP contribution in [0.3, 0.4) is 0 Å². The number of hydrogen-bond donors (Lipinski definition) is 1. The molecule has 136 valence electrons. The Morgan fingerprint density at radius 2 is 1.80 bits per heavy atom. The van der Waals surface area contributed by atoms with E-state index in [1.165, 1.54) is 32.1 Å². The second kappa shape index (κ2) is 4.18. The van der Waals surface area contributed by atoms with Crippen LogP contribution in [0, 0.1) is 39.9 Å². The fraction of sp³-hybridized carbons (Fsp3) is 0.864. The van der Waals surface area contributed by atoms with Crippen LogP contribution in [-0.2, 0) is 9.53 Å². The Labute approximate surface area is 150 Å². The smallest absolute Gasteiger partial charge is 0.331 e. The molecule has 0 saturated heterocycles. The van der Waals surface area contributed by atoms with Gasteiger partial charge in [-0.1, -0.05) is 13.8 Å². The number of hydrogen-bond acceptors (Lipinski definition) is 3. The highest BCUT2D eigenvalue weighted by molar-refractivity contribution is 5.85. The lowest BCUT2D eigenvalue weighted by atomic mass is 9.45. The minimum absolute atomic E-state index is 0.0545. The summed E-state index contributed by atoms with van der Waals surface area (Å²) in [6, 6.07) is 0. The van der Waals surface area contributed by atoms with Crippen molar-refractivity contribution in [2.75, 3.05) is 0 Å². The third-order valence-corrected chi connectivity index (χ3v) is 10.5. The highest BCUT2D eigenvalue weighted by Crippen LogP contribution is 2.82. The van der Waals surface area contributed by atoms with Gasteiger partial charge in [0, 0.05) is 16.9 Å². The highest BCUT2D eigenvalue weighted by atomic mass is 16.6. The fourth-order valence-corrected chi connectivity index (χ4v) is 9.23. The van der Waals surface area contributed by atoms with Crippen LogP contribution in [0.1, 0.15) is 65.2 Å². The fourth-order valence-electron chi connectivity index (χ4n) is 9.23. The van der Waals surface area contributed by atoms with Gasteiger partial charge in [0.25, 0.3) is 0 Å². The quantitative estimate of drug-likeness (QED) is 0.680. The SMILES string of the molecule is C[C@]12CC[C@H]3[C@@H](C[C@@H](O)[C@]45C[C@@H]4CC[C@]35C)[C@@H]1CC[C@@]21C=CC(=O)O1. The van der Waals surface area contributed by atoms with Gasteiger partial charge in [0.15, 0.2) is 0 Å². The molecule has 6 rings (SSSR count). The molecule has 1 heterocycles. The van der Waals surface area contributed by atoms with Crippen molar-refractivity contribution in [3.8, 4) is 0 Å². The van der Waals surface area contributed by atoms with Gasteiger partial charge in [0.2, 0.25) is 0 Å². The Morgan fingerprint density at radius 3 is 2.52 bits per heavy atom. The summed E-state index contributed by atoms with van der Waals surface area (Å²) in [4.78, 5) is 11.9. The van der Waals surface area contributed by atoms with Crippen LogP contribution in [0.25, 0.3) is 0 Å². The van der Waals surface area contributed by atoms with E-state index in [1.54, 1.807) is 6.08 Å². The maximum atomic E-state index is 11.9. The number of carbonyl (C=O) groups excluding carboxylic acids is 1. The van der Waals surface area contributed by atoms with Crippen LogP contribution in [0.2, 0.25) is 0 Å². The van der Waals surface area contributed by atoms with E-state index in [4.69, 9.17) is 4.74 Å². The first-order valence-electron chi connectivity index (χ1n) is 10.5. The zero-order chi connectivity index (χ0) is 17.2. The average Bonchev–Trinajstić information content (AvgIpc) is 2.92. The van der Waals surface area contributed by atoms with Crippen molar-refractivity contribution in [3.63, 3.8) is 0 Å². The van der Waals surface area contributed by atoms with Gasteiger partial charge >= 0.3 is 5.97 Å². The van der Waals surface area contributed by atoms with Crippen LogP contribution < -0.4 is 0 Å². The van der Waals surface area contributed by atoms with Gasteiger partial charge in [-0.25, -0.2) is 4.79 Å². The molecule has 9 atom stereocenters. The van der Waals surface area contributed by atoms with Crippen molar-refractivity contribution in [1.82, 2.24) is 0 Å². The van der Waals surface area contributed by atoms with Gasteiger partial charge in [-0.2, -0.15) is 0 Å². The third kappa shape index (κ3) is 1.43. The van der Waals surface area contributed by atoms with Crippen molar-refractivity contribution < 1.29 is 14.6 Å². The lowest BCUT2D eigenvalue weighted by molar-refractivity contribution is -0.179. The van der Waals surface area contributed by atoms with Crippen LogP contribution in [-0.4, -0.2) is 22.8 Å². The third-order valence-electron chi connectivity index (χ3n) is 10.5. The van der Waals surface area contributed by atoms with E-state index in [0.29, 0.717) is 17.3 Å². The molecule has 6 aliphatic rings. The number of carbonyl (C=O) groups is 1. The molecule has 0 aromatic carbocycles. The molecule has 0 unspecified atom stereocenters. The highest BCUT2D eigenvalue weighted by Gasteiger charge is 2.78. The number of aliphatic hydroxyl groups excluding tert-OH is 1. The Morgan fingerprint density at radius 1 is 1.08 bits per heavy atom. The summed E-state index contributed by atoms with van der Waals surface area (Å²) in [5, 5.41) is 11.2. The van der Waals surface area contributed by atoms with E-state index >= 15 is 0 Å². The lowest BCUT2D eigenvalue weighted by Gasteiger charge is -2.60. The topological polar surface area (TPSA) is 46.5 Å². The van der Waals surface area contributed by atoms with Crippen molar-refractivity contribution in [1.29, 1.82) is 0 Å². The van der Waals surface area contributed by atoms with Crippen LogP contribution >= 0.6 is 0 Å². The molecule has 3 nitrogen and oxygen atoms in total. The van der Waals surface area contributed by atoms with Crippen molar-refractivity contribution in [2.45, 2.75) is 76.9 Å². The Hall–Kier alpha value is -0.830. The molecule has 3 heteroatoms. The average molecular weight is 342 g/mol. The summed E-state index contributed by atoms with van der Waals surface area (Å²) in [5.74, 6) is 2.60. The summed E-state index contributed by atoms with van der Waals surface area (Å²) < 4.78 is 5.92. The molecule has 0 bridgehead atoms. The molecule has 0 aromatic heterocycles. The minimum Gasteiger partial charge on any atom is -0.451 e. The first-order valence-corrected chi connectivity index (χ1v) is 10.5. The Kier molecular flexibility index (Phi) is 2.55. The van der Waals surface area contributed by atoms with Crippen molar-refractivity contribution in [3.05, 3.63) is 12.2 Å². The maximum Gasteiger partial charge on any atom is 0.331 e. The summed E-state index contributed by atoms with van der Waals surface area (Å²) in [6.45, 7) is 4.89. The minimum atomic E-state index is -0.363. The summed E-state index contributed by atoms with van der Waals surface area (Å²) in [7, 11) is 0. The molecule has 5 aliphatic carbocycles. The van der Waals surface area contributed by atoms with Crippen LogP contribution in [0.5, 0.6) is 0 Å². The second-order valence-electron chi connectivity index (χ2n) is 10.7. The van der Waals surface area contributed by atoms with Crippen LogP contribution in [0.15, 0.2) is 12.2 Å². The summed E-state index contributed by atoms with van der Waals surface area (Å²) >= 11 is 0. The molecule has 0 aromatic rings. The van der Waals surface area contributed by atoms with Gasteiger partial charge in [-0.05, 0) is 86.5 Å². The summed E-state index contributed by atoms with van der Waals surface area (Å²) in [5.41, 5.74) is 0.300. The molecule has 1 aliphatic heterocycles. The molecule has 5 fully saturated rings. The van der Waals surface area contributed by atoms with Gasteiger partial charge < -0.3 is 9.84 Å². The van der Waals surface area contributed by atoms with E-state index in [1.807, 2.05) is 0 Å². The number of fused-ring (bicyclic) bond motifs is 5. The Bertz CT molecular complexity index is 699. The Balaban J connectivity index is 1.40. The largest absolute Gasteiger partial charge is 0.451 e. The zero-order valence-corrected chi connectivity index (χ0v) is 15.5. The van der Waals surface area contributed by atoms with Gasteiger partial charge in [-0.15, -0.1) is 0 Å². The molecular weight excluding hydrogens is 312 g/mol. The zero-order valence-electron chi connectivity index (χ0n) is 15.5. The lowest BCUT2D eigenvalue weighted by Crippen LogP contribution is -2.58. The first-order chi connectivity index (χ1) is 11.9.